The van der Waals surface area contributed by atoms with Gasteiger partial charge in [0.2, 0.25) is 0 Å². The van der Waals surface area contributed by atoms with Crippen LogP contribution in [0.2, 0.25) is 13.3 Å². The van der Waals surface area contributed by atoms with Crippen LogP contribution >= 0.6 is 0 Å². The molecule has 2 aromatic rings. The molecule has 26 heavy (non-hydrogen) atoms. The Morgan fingerprint density at radius 3 is 1.88 bits per heavy atom. The fraction of sp³-hybridized carbons (Fsp3) is 0.609. The molecule has 0 bridgehead atoms. The van der Waals surface area contributed by atoms with Crippen LogP contribution in [0.3, 0.4) is 0 Å². The SMILES string of the molecule is CCC[CH2][Sn]([CH2]CCC)([CH2]CCC)[c]1cc(Cc2ccccc2)n(C)n1. The van der Waals surface area contributed by atoms with Crippen LogP contribution in [-0.4, -0.2) is 28.2 Å². The van der Waals surface area contributed by atoms with Gasteiger partial charge in [-0.25, -0.2) is 0 Å². The number of aryl methyl sites for hydroxylation is 1. The van der Waals surface area contributed by atoms with Crippen molar-refractivity contribution in [2.24, 2.45) is 7.05 Å². The molecular weight excluding hydrogens is 423 g/mol. The van der Waals surface area contributed by atoms with Gasteiger partial charge in [-0.05, 0) is 0 Å². The first-order chi connectivity index (χ1) is 12.6. The molecule has 3 heteroatoms. The molecule has 0 aliphatic carbocycles. The Morgan fingerprint density at radius 2 is 1.38 bits per heavy atom. The minimum absolute atomic E-state index is 1.00. The number of unbranched alkanes of at least 4 members (excludes halogenated alkanes) is 3. The first-order valence-corrected chi connectivity index (χ1v) is 18.2. The van der Waals surface area contributed by atoms with Crippen molar-refractivity contribution in [3.63, 3.8) is 0 Å². The van der Waals surface area contributed by atoms with Crippen LogP contribution in [0, 0.1) is 0 Å². The Balaban J connectivity index is 2.31. The van der Waals surface area contributed by atoms with Crippen LogP contribution in [0.15, 0.2) is 36.4 Å². The van der Waals surface area contributed by atoms with Crippen molar-refractivity contribution in [1.82, 2.24) is 9.78 Å². The Bertz CT molecular complexity index is 611. The third-order valence-corrected chi connectivity index (χ3v) is 20.8. The summed E-state index contributed by atoms with van der Waals surface area (Å²) in [5, 5.41) is 5.15. The minimum atomic E-state index is -2.40. The molecule has 0 spiro atoms. The predicted octanol–water partition coefficient (Wildman–Crippen LogP) is 6.07. The Morgan fingerprint density at radius 1 is 0.846 bits per heavy atom. The van der Waals surface area contributed by atoms with Crippen molar-refractivity contribution >= 4 is 22.1 Å². The monoisotopic (exact) mass is 462 g/mol. The number of hydrogen-bond donors (Lipinski definition) is 0. The van der Waals surface area contributed by atoms with Gasteiger partial charge in [0, 0.05) is 0 Å². The van der Waals surface area contributed by atoms with Gasteiger partial charge in [0.05, 0.1) is 0 Å². The maximum absolute atomic E-state index is 5.15. The van der Waals surface area contributed by atoms with E-state index in [0.29, 0.717) is 0 Å². The van der Waals surface area contributed by atoms with Crippen molar-refractivity contribution < 1.29 is 0 Å². The van der Waals surface area contributed by atoms with Crippen LogP contribution < -0.4 is 3.71 Å². The summed E-state index contributed by atoms with van der Waals surface area (Å²) in [5.74, 6) is 0. The molecule has 0 aliphatic rings. The van der Waals surface area contributed by atoms with Crippen molar-refractivity contribution in [1.29, 1.82) is 0 Å². The topological polar surface area (TPSA) is 17.8 Å². The molecule has 0 saturated heterocycles. The third kappa shape index (κ3) is 5.87. The normalized spacial score (nSPS) is 11.8. The third-order valence-electron chi connectivity index (χ3n) is 5.77. The molecule has 0 aliphatic heterocycles. The van der Waals surface area contributed by atoms with Gasteiger partial charge in [-0.1, -0.05) is 0 Å². The van der Waals surface area contributed by atoms with Gasteiger partial charge in [-0.2, -0.15) is 0 Å². The first-order valence-electron chi connectivity index (χ1n) is 10.7. The molecule has 1 aromatic carbocycles. The average Bonchev–Trinajstić information content (AvgIpc) is 3.03. The second-order valence-electron chi connectivity index (χ2n) is 7.90. The van der Waals surface area contributed by atoms with Crippen molar-refractivity contribution in [2.45, 2.75) is 79.0 Å². The van der Waals surface area contributed by atoms with Crippen LogP contribution in [-0.2, 0) is 13.5 Å². The molecule has 0 N–H and O–H groups in total. The van der Waals surface area contributed by atoms with Crippen LogP contribution in [0.5, 0.6) is 0 Å². The number of hydrogen-bond acceptors (Lipinski definition) is 1. The van der Waals surface area contributed by atoms with E-state index in [9.17, 15) is 0 Å². The number of aromatic nitrogens is 2. The second-order valence-corrected chi connectivity index (χ2v) is 20.9. The second kappa shape index (κ2) is 11.2. The summed E-state index contributed by atoms with van der Waals surface area (Å²) in [6.07, 6.45) is 9.15. The van der Waals surface area contributed by atoms with E-state index in [2.05, 4.69) is 68.9 Å². The van der Waals surface area contributed by atoms with Gasteiger partial charge in [-0.15, -0.1) is 0 Å². The van der Waals surface area contributed by atoms with E-state index in [1.54, 1.807) is 3.71 Å². The van der Waals surface area contributed by atoms with E-state index in [4.69, 9.17) is 5.10 Å². The van der Waals surface area contributed by atoms with Gasteiger partial charge >= 0.3 is 166 Å². The molecule has 0 atom stereocenters. The molecule has 2 rings (SSSR count). The summed E-state index contributed by atoms with van der Waals surface area (Å²) < 4.78 is 8.22. The fourth-order valence-corrected chi connectivity index (χ4v) is 19.6. The van der Waals surface area contributed by atoms with Gasteiger partial charge in [0.1, 0.15) is 0 Å². The first kappa shape index (κ1) is 21.5. The van der Waals surface area contributed by atoms with E-state index >= 15 is 0 Å². The van der Waals surface area contributed by atoms with Crippen LogP contribution in [0.1, 0.15) is 70.6 Å². The average molecular weight is 461 g/mol. The van der Waals surface area contributed by atoms with Crippen molar-refractivity contribution in [3.8, 4) is 0 Å². The molecule has 0 radical (unpaired) electrons. The van der Waals surface area contributed by atoms with Crippen molar-refractivity contribution in [2.75, 3.05) is 0 Å². The molecule has 0 saturated carbocycles. The van der Waals surface area contributed by atoms with Gasteiger partial charge in [-0.3, -0.25) is 0 Å². The number of benzene rings is 1. The molecule has 0 fully saturated rings. The summed E-state index contributed by atoms with van der Waals surface area (Å²) >= 11 is -2.40. The van der Waals surface area contributed by atoms with E-state index in [1.165, 1.54) is 63.1 Å². The van der Waals surface area contributed by atoms with E-state index in [0.717, 1.165) is 6.42 Å². The summed E-state index contributed by atoms with van der Waals surface area (Å²) in [5.41, 5.74) is 2.77. The maximum atomic E-state index is 5.15. The molecule has 2 nitrogen and oxygen atoms in total. The van der Waals surface area contributed by atoms with E-state index in [-0.39, 0.29) is 0 Å². The van der Waals surface area contributed by atoms with Crippen LogP contribution in [0.25, 0.3) is 0 Å². The summed E-state index contributed by atoms with van der Waals surface area (Å²) in [7, 11) is 2.15. The zero-order valence-corrected chi connectivity index (χ0v) is 20.3. The zero-order valence-electron chi connectivity index (χ0n) is 17.4. The molecule has 144 valence electrons. The van der Waals surface area contributed by atoms with E-state index < -0.39 is 18.4 Å². The number of rotatable bonds is 12. The quantitative estimate of drug-likeness (QED) is 0.351. The Kier molecular flexibility index (Phi) is 9.24. The van der Waals surface area contributed by atoms with Gasteiger partial charge < -0.3 is 0 Å². The molecule has 1 heterocycles. The summed E-state index contributed by atoms with van der Waals surface area (Å²) in [6.45, 7) is 7.03. The summed E-state index contributed by atoms with van der Waals surface area (Å²) in [6, 6.07) is 13.3. The molecule has 1 aromatic heterocycles. The van der Waals surface area contributed by atoms with Crippen molar-refractivity contribution in [3.05, 3.63) is 47.7 Å². The van der Waals surface area contributed by atoms with Crippen LogP contribution in [0.4, 0.5) is 0 Å². The van der Waals surface area contributed by atoms with Gasteiger partial charge in [0.15, 0.2) is 0 Å². The number of nitrogens with zero attached hydrogens (tertiary/aromatic N) is 2. The zero-order chi connectivity index (χ0) is 18.8. The Hall–Kier alpha value is -0.771. The summed E-state index contributed by atoms with van der Waals surface area (Å²) in [4.78, 5) is 0. The molecule has 0 amide bonds. The van der Waals surface area contributed by atoms with E-state index in [1.807, 2.05) is 0 Å². The molecule has 0 unspecified atom stereocenters. The molecular formula is C23H38N2Sn. The Labute approximate surface area is 165 Å². The fourth-order valence-electron chi connectivity index (χ4n) is 4.04. The standard InChI is InChI=1S/C11H11N2.3C4H9.Sn/c1-13-11(7-8-12-13)9-10-5-3-2-4-6-10;3*1-3-4-2;/h2-7H,9H2,1H3;3*1,3-4H2,2H3;. The predicted molar refractivity (Wildman–Crippen MR) is 117 cm³/mol. The van der Waals surface area contributed by atoms with Gasteiger partial charge in [0.25, 0.3) is 0 Å².